The topological polar surface area (TPSA) is 40.5 Å². The summed E-state index contributed by atoms with van der Waals surface area (Å²) in [4.78, 5) is 0. The first-order valence-corrected chi connectivity index (χ1v) is 4.25. The zero-order valence-corrected chi connectivity index (χ0v) is 8.25. The zero-order valence-electron chi connectivity index (χ0n) is 5.13. The second-order valence-electron chi connectivity index (χ2n) is 1.97. The van der Waals surface area contributed by atoms with Gasteiger partial charge in [0.15, 0.2) is 0 Å². The van der Waals surface area contributed by atoms with E-state index in [-0.39, 0.29) is 5.75 Å². The van der Waals surface area contributed by atoms with Crippen LogP contribution in [0.1, 0.15) is 0 Å². The molecule has 0 heterocycles. The summed E-state index contributed by atoms with van der Waals surface area (Å²) in [5.41, 5.74) is 0. The van der Waals surface area contributed by atoms with Gasteiger partial charge in [-0.3, -0.25) is 0 Å². The van der Waals surface area contributed by atoms with E-state index in [0.29, 0.717) is 54.7 Å². The van der Waals surface area contributed by atoms with Crippen LogP contribution in [0.15, 0.2) is 18.2 Å². The van der Waals surface area contributed by atoms with Crippen molar-refractivity contribution in [2.45, 2.75) is 0 Å². The Balaban J connectivity index is 3.17. The van der Waals surface area contributed by atoms with Gasteiger partial charge in [0, 0.05) is 0 Å². The third kappa shape index (κ3) is 1.95. The van der Waals surface area contributed by atoms with Crippen molar-refractivity contribution in [1.82, 2.24) is 0 Å². The van der Waals surface area contributed by atoms with Crippen LogP contribution in [0.25, 0.3) is 0 Å². The van der Waals surface area contributed by atoms with Crippen molar-refractivity contribution in [2.24, 2.45) is 0 Å². The van der Waals surface area contributed by atoms with Gasteiger partial charge in [-0.05, 0) is 0 Å². The van der Waals surface area contributed by atoms with E-state index in [1.165, 1.54) is 12.1 Å². The van der Waals surface area contributed by atoms with Crippen LogP contribution in [0.3, 0.4) is 0 Å². The third-order valence-corrected chi connectivity index (χ3v) is 2.43. The van der Waals surface area contributed by atoms with Crippen molar-refractivity contribution in [2.75, 3.05) is 0 Å². The molecule has 0 unspecified atom stereocenters. The van der Waals surface area contributed by atoms with Crippen LogP contribution in [0.2, 0.25) is 0 Å². The number of phenols is 2. The molecule has 0 atom stereocenters. The van der Waals surface area contributed by atoms with E-state index in [4.69, 9.17) is 10.2 Å². The van der Waals surface area contributed by atoms with E-state index in [1.807, 2.05) is 0 Å². The molecule has 3 heteroatoms. The SMILES string of the molecule is Oc1ccc(O)[c]([K])c1. The molecule has 0 saturated heterocycles. The van der Waals surface area contributed by atoms with E-state index in [9.17, 15) is 0 Å². The molecule has 9 heavy (non-hydrogen) atoms. The van der Waals surface area contributed by atoms with Crippen LogP contribution < -0.4 is -0.342 Å². The molecule has 0 amide bonds. The van der Waals surface area contributed by atoms with Crippen LogP contribution >= 0.6 is 0 Å². The van der Waals surface area contributed by atoms with Gasteiger partial charge in [0.25, 0.3) is 0 Å². The van der Waals surface area contributed by atoms with Crippen molar-refractivity contribution >= 4 is 48.6 Å². The van der Waals surface area contributed by atoms with Crippen LogP contribution in [-0.4, -0.2) is 59.2 Å². The number of phenolic OH excluding ortho intramolecular Hbond substituents is 2. The third-order valence-electron chi connectivity index (χ3n) is 1.18. The van der Waals surface area contributed by atoms with Crippen LogP contribution in [0, 0.1) is 0 Å². The molecule has 42 valence electrons. The van der Waals surface area contributed by atoms with E-state index >= 15 is 0 Å². The molecule has 0 radical (unpaired) electrons. The fourth-order valence-corrected chi connectivity index (χ4v) is 1.36. The second kappa shape index (κ2) is 3.03. The normalized spacial score (nSPS) is 9.56. The van der Waals surface area contributed by atoms with Gasteiger partial charge in [-0.15, -0.1) is 0 Å². The number of hydrogen-bond donors (Lipinski definition) is 2. The van der Waals surface area contributed by atoms with Crippen molar-refractivity contribution in [3.05, 3.63) is 18.2 Å². The Bertz CT molecular complexity index is 222. The van der Waals surface area contributed by atoms with Crippen molar-refractivity contribution in [3.63, 3.8) is 0 Å². The predicted octanol–water partition coefficient (Wildman–Crippen LogP) is -0.108. The van der Waals surface area contributed by atoms with Gasteiger partial charge in [-0.2, -0.15) is 0 Å². The van der Waals surface area contributed by atoms with Gasteiger partial charge in [0.2, 0.25) is 0 Å². The van der Waals surface area contributed by atoms with Crippen molar-refractivity contribution in [1.29, 1.82) is 0 Å². The van der Waals surface area contributed by atoms with Crippen LogP contribution in [-0.2, 0) is 0 Å². The minimum atomic E-state index is 0.232. The molecule has 0 aliphatic heterocycles. The van der Waals surface area contributed by atoms with Crippen molar-refractivity contribution < 1.29 is 10.2 Å². The van der Waals surface area contributed by atoms with Crippen molar-refractivity contribution in [3.8, 4) is 11.5 Å². The Morgan fingerprint density at radius 1 is 1.22 bits per heavy atom. The molecule has 0 bridgehead atoms. The maximum atomic E-state index is 8.98. The summed E-state index contributed by atoms with van der Waals surface area (Å²) in [5.74, 6) is 0.531. The molecular formula is C6H5KO2. The number of benzene rings is 1. The maximum absolute atomic E-state index is 8.98. The molecular weight excluding hydrogens is 143 g/mol. The number of rotatable bonds is 0. The second-order valence-corrected chi connectivity index (χ2v) is 3.65. The molecule has 0 aliphatic rings. The number of aromatic hydroxyl groups is 2. The first-order chi connectivity index (χ1) is 4.20. The first kappa shape index (κ1) is 7.56. The average molecular weight is 148 g/mol. The average Bonchev–Trinajstić information content (AvgIpc) is 1.80. The fourth-order valence-electron chi connectivity index (χ4n) is 0.640. The van der Waals surface area contributed by atoms with E-state index < -0.39 is 0 Å². The molecule has 0 spiro atoms. The van der Waals surface area contributed by atoms with Gasteiger partial charge in [-0.25, -0.2) is 0 Å². The molecule has 0 saturated carbocycles. The van der Waals surface area contributed by atoms with E-state index in [2.05, 4.69) is 0 Å². The molecule has 1 aromatic rings. The Kier molecular flexibility index (Phi) is 2.55. The molecule has 1 aromatic carbocycles. The monoisotopic (exact) mass is 148 g/mol. The zero-order chi connectivity index (χ0) is 6.85. The summed E-state index contributed by atoms with van der Waals surface area (Å²) < 4.78 is 0.877. The quantitative estimate of drug-likeness (QED) is 0.398. The molecule has 2 N–H and O–H groups in total. The Morgan fingerprint density at radius 2 is 1.89 bits per heavy atom. The molecule has 0 fully saturated rings. The van der Waals surface area contributed by atoms with Gasteiger partial charge in [0.1, 0.15) is 0 Å². The summed E-state index contributed by atoms with van der Waals surface area (Å²) in [6.07, 6.45) is 0. The number of hydrogen-bond acceptors (Lipinski definition) is 2. The summed E-state index contributed by atoms with van der Waals surface area (Å²) in [6.45, 7) is 0. The summed E-state index contributed by atoms with van der Waals surface area (Å²) >= 11 is 0.426. The van der Waals surface area contributed by atoms with E-state index in [1.54, 1.807) is 6.07 Å². The Labute approximate surface area is 87.1 Å². The Hall–Kier alpha value is 0.456. The molecule has 2 nitrogen and oxygen atoms in total. The Morgan fingerprint density at radius 3 is 2.33 bits per heavy atom. The molecule has 1 rings (SSSR count). The standard InChI is InChI=1S/C6H5O2.K/c7-5-1-2-6(8)4-3-5;/h1-3,7-8H;. The summed E-state index contributed by atoms with van der Waals surface area (Å²) in [5, 5.41) is 17.8. The van der Waals surface area contributed by atoms with E-state index in [0.717, 1.165) is -0.342 Å². The first-order valence-electron chi connectivity index (χ1n) is 2.69. The van der Waals surface area contributed by atoms with Gasteiger partial charge < -0.3 is 0 Å². The fraction of sp³-hybridized carbons (Fsp3) is 0. The predicted molar refractivity (Wildman–Crippen MR) is 35.2 cm³/mol. The van der Waals surface area contributed by atoms with Gasteiger partial charge in [0.05, 0.1) is 0 Å². The van der Waals surface area contributed by atoms with Crippen LogP contribution in [0.5, 0.6) is 11.5 Å². The molecule has 0 aromatic heterocycles. The van der Waals surface area contributed by atoms with Gasteiger partial charge in [-0.1, -0.05) is 0 Å². The van der Waals surface area contributed by atoms with Gasteiger partial charge >= 0.3 is 88.5 Å². The summed E-state index contributed by atoms with van der Waals surface area (Å²) in [7, 11) is 0. The summed E-state index contributed by atoms with van der Waals surface area (Å²) in [6, 6.07) is 4.58. The molecule has 0 aliphatic carbocycles. The minimum absolute atomic E-state index is 0.232. The van der Waals surface area contributed by atoms with Crippen LogP contribution in [0.4, 0.5) is 0 Å².